The molecular formula is C24H33N3O3. The summed E-state index contributed by atoms with van der Waals surface area (Å²) in [5.41, 5.74) is 1.29. The summed E-state index contributed by atoms with van der Waals surface area (Å²) in [6, 6.07) is 8.40. The number of piperidine rings is 1. The second kappa shape index (κ2) is 9.80. The van der Waals surface area contributed by atoms with E-state index in [1.54, 1.807) is 31.7 Å². The summed E-state index contributed by atoms with van der Waals surface area (Å²) in [7, 11) is 0. The highest BCUT2D eigenvalue weighted by Crippen LogP contribution is 2.30. The molecule has 0 bridgehead atoms. The van der Waals surface area contributed by atoms with Crippen molar-refractivity contribution in [1.29, 1.82) is 5.26 Å². The first-order valence-electron chi connectivity index (χ1n) is 10.5. The summed E-state index contributed by atoms with van der Waals surface area (Å²) >= 11 is 0. The lowest BCUT2D eigenvalue weighted by Gasteiger charge is -2.43. The van der Waals surface area contributed by atoms with Gasteiger partial charge in [0.1, 0.15) is 17.7 Å². The van der Waals surface area contributed by atoms with Crippen LogP contribution in [0.1, 0.15) is 58.6 Å². The van der Waals surface area contributed by atoms with E-state index in [1.807, 2.05) is 38.1 Å². The van der Waals surface area contributed by atoms with Crippen molar-refractivity contribution in [3.05, 3.63) is 42.0 Å². The zero-order valence-electron chi connectivity index (χ0n) is 18.6. The molecule has 0 unspecified atom stereocenters. The molecule has 1 aromatic rings. The number of rotatable bonds is 5. The quantitative estimate of drug-likeness (QED) is 0.783. The summed E-state index contributed by atoms with van der Waals surface area (Å²) in [5, 5.41) is 12.4. The fourth-order valence-electron chi connectivity index (χ4n) is 3.75. The third-order valence-electron chi connectivity index (χ3n) is 5.35. The molecule has 162 valence electrons. The van der Waals surface area contributed by atoms with Crippen LogP contribution < -0.4 is 5.32 Å². The Morgan fingerprint density at radius 1 is 1.30 bits per heavy atom. The van der Waals surface area contributed by atoms with Gasteiger partial charge in [-0.3, -0.25) is 9.69 Å². The van der Waals surface area contributed by atoms with Gasteiger partial charge >= 0.3 is 6.09 Å². The van der Waals surface area contributed by atoms with Crippen molar-refractivity contribution in [3.63, 3.8) is 0 Å². The normalized spacial score (nSPS) is 22.5. The highest BCUT2D eigenvalue weighted by atomic mass is 16.6. The number of likely N-dealkylation sites (tertiary alicyclic amines) is 1. The van der Waals surface area contributed by atoms with Gasteiger partial charge in [0, 0.05) is 12.5 Å². The van der Waals surface area contributed by atoms with Gasteiger partial charge in [-0.05, 0) is 57.6 Å². The average Bonchev–Trinajstić information content (AvgIpc) is 2.67. The summed E-state index contributed by atoms with van der Waals surface area (Å²) in [6.07, 6.45) is 3.29. The van der Waals surface area contributed by atoms with E-state index in [0.29, 0.717) is 6.42 Å². The zero-order valence-corrected chi connectivity index (χ0v) is 18.6. The van der Waals surface area contributed by atoms with Gasteiger partial charge < -0.3 is 10.1 Å². The third-order valence-corrected chi connectivity index (χ3v) is 5.35. The lowest BCUT2D eigenvalue weighted by Crippen LogP contribution is -2.60. The molecule has 0 saturated carbocycles. The smallest absolute Gasteiger partial charge is 0.411 e. The van der Waals surface area contributed by atoms with Gasteiger partial charge in [0.2, 0.25) is 5.91 Å². The van der Waals surface area contributed by atoms with Gasteiger partial charge in [0.15, 0.2) is 0 Å². The Labute approximate surface area is 179 Å². The van der Waals surface area contributed by atoms with Crippen molar-refractivity contribution in [2.45, 2.75) is 77.6 Å². The molecule has 6 heteroatoms. The molecule has 1 heterocycles. The number of hydrogen-bond acceptors (Lipinski definition) is 4. The van der Waals surface area contributed by atoms with Crippen LogP contribution in [0.25, 0.3) is 6.08 Å². The van der Waals surface area contributed by atoms with Crippen LogP contribution in [0.15, 0.2) is 30.8 Å². The van der Waals surface area contributed by atoms with Gasteiger partial charge in [-0.25, -0.2) is 4.79 Å². The van der Waals surface area contributed by atoms with Gasteiger partial charge in [0.05, 0.1) is 6.07 Å². The van der Waals surface area contributed by atoms with E-state index in [4.69, 9.17) is 4.74 Å². The average molecular weight is 412 g/mol. The molecule has 0 radical (unpaired) electrons. The predicted molar refractivity (Wildman–Crippen MR) is 118 cm³/mol. The van der Waals surface area contributed by atoms with Crippen LogP contribution in [-0.2, 0) is 16.0 Å². The third kappa shape index (κ3) is 6.09. The van der Waals surface area contributed by atoms with E-state index in [1.165, 1.54) is 0 Å². The first kappa shape index (κ1) is 23.5. The maximum absolute atomic E-state index is 13.2. The molecule has 0 spiro atoms. The lowest BCUT2D eigenvalue weighted by molar-refractivity contribution is -0.131. The number of amides is 2. The number of carbonyl (C=O) groups excluding carboxylic acids is 2. The van der Waals surface area contributed by atoms with Crippen molar-refractivity contribution in [1.82, 2.24) is 10.2 Å². The second-order valence-corrected chi connectivity index (χ2v) is 9.08. The van der Waals surface area contributed by atoms with Crippen molar-refractivity contribution in [3.8, 4) is 6.07 Å². The molecule has 1 aliphatic heterocycles. The lowest BCUT2D eigenvalue weighted by atomic mass is 9.86. The van der Waals surface area contributed by atoms with E-state index < -0.39 is 23.8 Å². The van der Waals surface area contributed by atoms with Gasteiger partial charge in [-0.1, -0.05) is 43.8 Å². The summed E-state index contributed by atoms with van der Waals surface area (Å²) < 4.78 is 5.56. The molecule has 1 fully saturated rings. The SMILES string of the molecule is C=Cc1ccc(C[C@@H](C#N)NC(=O)[C@@H]2[C@H](C)CC[C@H](C)N2C(=O)OC(C)(C)C)cc1. The van der Waals surface area contributed by atoms with Crippen molar-refractivity contribution >= 4 is 18.1 Å². The van der Waals surface area contributed by atoms with E-state index in [2.05, 4.69) is 18.0 Å². The zero-order chi connectivity index (χ0) is 22.5. The number of nitrogens with zero attached hydrogens (tertiary/aromatic N) is 2. The Morgan fingerprint density at radius 2 is 1.93 bits per heavy atom. The second-order valence-electron chi connectivity index (χ2n) is 9.08. The Kier molecular flexibility index (Phi) is 7.66. The highest BCUT2D eigenvalue weighted by Gasteiger charge is 2.42. The number of ether oxygens (including phenoxy) is 1. The molecule has 2 amide bonds. The first-order valence-corrected chi connectivity index (χ1v) is 10.5. The highest BCUT2D eigenvalue weighted by molar-refractivity contribution is 5.87. The van der Waals surface area contributed by atoms with E-state index in [-0.39, 0.29) is 17.9 Å². The van der Waals surface area contributed by atoms with Crippen molar-refractivity contribution in [2.75, 3.05) is 0 Å². The number of hydrogen-bond donors (Lipinski definition) is 1. The minimum atomic E-state index is -0.683. The number of carbonyl (C=O) groups is 2. The molecule has 0 aliphatic carbocycles. The topological polar surface area (TPSA) is 82.4 Å². The molecule has 2 rings (SSSR count). The van der Waals surface area contributed by atoms with Crippen molar-refractivity contribution < 1.29 is 14.3 Å². The molecule has 1 saturated heterocycles. The summed E-state index contributed by atoms with van der Waals surface area (Å²) in [6.45, 7) is 13.0. The molecule has 1 N–H and O–H groups in total. The van der Waals surface area contributed by atoms with Crippen LogP contribution >= 0.6 is 0 Å². The van der Waals surface area contributed by atoms with Crippen LogP contribution in [0, 0.1) is 17.2 Å². The largest absolute Gasteiger partial charge is 0.444 e. The number of nitrogens with one attached hydrogen (secondary N) is 1. The minimum Gasteiger partial charge on any atom is -0.444 e. The number of nitriles is 1. The molecule has 1 aliphatic rings. The van der Waals surface area contributed by atoms with Crippen LogP contribution in [0.4, 0.5) is 4.79 Å². The number of benzene rings is 1. The minimum absolute atomic E-state index is 0.0278. The monoisotopic (exact) mass is 411 g/mol. The van der Waals surface area contributed by atoms with Gasteiger partial charge in [-0.15, -0.1) is 0 Å². The van der Waals surface area contributed by atoms with Crippen LogP contribution in [0.5, 0.6) is 0 Å². The van der Waals surface area contributed by atoms with E-state index in [9.17, 15) is 14.9 Å². The maximum Gasteiger partial charge on any atom is 0.411 e. The van der Waals surface area contributed by atoms with Crippen LogP contribution in [0.3, 0.4) is 0 Å². The Hall–Kier alpha value is -2.81. The fourth-order valence-corrected chi connectivity index (χ4v) is 3.75. The van der Waals surface area contributed by atoms with Crippen LogP contribution in [0.2, 0.25) is 0 Å². The fraction of sp³-hybridized carbons (Fsp3) is 0.542. The molecule has 6 nitrogen and oxygen atoms in total. The summed E-state index contributed by atoms with van der Waals surface area (Å²) in [5.74, 6) is -0.339. The van der Waals surface area contributed by atoms with E-state index in [0.717, 1.165) is 24.0 Å². The molecule has 30 heavy (non-hydrogen) atoms. The molecule has 0 aromatic heterocycles. The van der Waals surface area contributed by atoms with Crippen LogP contribution in [-0.4, -0.2) is 40.6 Å². The Morgan fingerprint density at radius 3 is 2.47 bits per heavy atom. The van der Waals surface area contributed by atoms with Gasteiger partial charge in [-0.2, -0.15) is 5.26 Å². The van der Waals surface area contributed by atoms with E-state index >= 15 is 0 Å². The summed E-state index contributed by atoms with van der Waals surface area (Å²) in [4.78, 5) is 27.6. The standard InChI is InChI=1S/C24H33N3O3/c1-7-18-10-12-19(13-11-18)14-20(15-25)26-22(28)21-16(2)8-9-17(3)27(21)23(29)30-24(4,5)6/h7,10-13,16-17,20-21H,1,8-9,14H2,2-6H3,(H,26,28)/t16-,17+,20+,21+/m1/s1. The predicted octanol–water partition coefficient (Wildman–Crippen LogP) is 4.30. The van der Waals surface area contributed by atoms with Gasteiger partial charge in [0.25, 0.3) is 0 Å². The Balaban J connectivity index is 2.15. The Bertz CT molecular complexity index is 804. The van der Waals surface area contributed by atoms with Crippen molar-refractivity contribution in [2.24, 2.45) is 5.92 Å². The first-order chi connectivity index (χ1) is 14.1. The molecular weight excluding hydrogens is 378 g/mol. The maximum atomic E-state index is 13.2. The molecule has 1 aromatic carbocycles. The molecule has 4 atom stereocenters.